The van der Waals surface area contributed by atoms with Crippen LogP contribution in [0.25, 0.3) is 0 Å². The van der Waals surface area contributed by atoms with Crippen LogP contribution in [0.5, 0.6) is 0 Å². The molecule has 1 aromatic rings. The van der Waals surface area contributed by atoms with Crippen LogP contribution in [-0.2, 0) is 14.3 Å². The number of hydrogen-bond donors (Lipinski definition) is 0. The molecular weight excluding hydrogens is 352 g/mol. The quantitative estimate of drug-likeness (QED) is 0.310. The minimum Gasteiger partial charge on any atom is -0.466 e. The molecule has 0 bridgehead atoms. The molecule has 0 aliphatic carbocycles. The van der Waals surface area contributed by atoms with Crippen molar-refractivity contribution in [2.75, 3.05) is 31.3 Å². The lowest BCUT2D eigenvalue weighted by Crippen LogP contribution is -2.44. The molecule has 2 heterocycles. The summed E-state index contributed by atoms with van der Waals surface area (Å²) in [6, 6.07) is -0.0460. The molecule has 25 heavy (non-hydrogen) atoms. The molecule has 0 N–H and O–H groups in total. The second-order valence-electron chi connectivity index (χ2n) is 5.75. The number of ether oxygens (including phenoxy) is 2. The van der Waals surface area contributed by atoms with E-state index in [1.807, 2.05) is 0 Å². The molecule has 1 saturated heterocycles. The molecule has 1 aliphatic rings. The summed E-state index contributed by atoms with van der Waals surface area (Å²) in [5.74, 6) is -0.716. The van der Waals surface area contributed by atoms with Crippen LogP contribution in [-0.4, -0.2) is 53.3 Å². The Balaban J connectivity index is 2.36. The van der Waals surface area contributed by atoms with Crippen LogP contribution in [0.15, 0.2) is 6.20 Å². The van der Waals surface area contributed by atoms with E-state index in [2.05, 4.69) is 9.97 Å². The first-order chi connectivity index (χ1) is 11.9. The lowest BCUT2D eigenvalue weighted by Gasteiger charge is -2.36. The van der Waals surface area contributed by atoms with Crippen molar-refractivity contribution in [1.29, 1.82) is 0 Å². The number of aromatic nitrogens is 2. The van der Waals surface area contributed by atoms with Gasteiger partial charge in [0.15, 0.2) is 0 Å². The van der Waals surface area contributed by atoms with Gasteiger partial charge in [-0.25, -0.2) is 4.98 Å². The van der Waals surface area contributed by atoms with Crippen LogP contribution in [0, 0.1) is 16.0 Å². The Morgan fingerprint density at radius 1 is 1.56 bits per heavy atom. The van der Waals surface area contributed by atoms with Crippen LogP contribution in [0.3, 0.4) is 0 Å². The lowest BCUT2D eigenvalue weighted by molar-refractivity contribution is -0.384. The molecule has 10 heteroatoms. The van der Waals surface area contributed by atoms with E-state index in [1.54, 1.807) is 18.7 Å². The Kier molecular flexibility index (Phi) is 6.89. The van der Waals surface area contributed by atoms with Crippen molar-refractivity contribution in [3.63, 3.8) is 0 Å². The standard InChI is InChI=1S/C15H21ClN4O5/c1-3-25-14(21)10(2)9-19(11-4-6-24-7-5-11)13-12(20(22)23)8-17-15(16)18-13/h8,10-11H,3-7,9H2,1-2H3. The minimum absolute atomic E-state index is 0.0460. The molecule has 1 unspecified atom stereocenters. The first kappa shape index (κ1) is 19.3. The summed E-state index contributed by atoms with van der Waals surface area (Å²) >= 11 is 5.87. The Hall–Kier alpha value is -2.00. The van der Waals surface area contributed by atoms with Gasteiger partial charge in [-0.05, 0) is 31.4 Å². The number of nitro groups is 1. The van der Waals surface area contributed by atoms with Crippen molar-refractivity contribution >= 4 is 29.1 Å². The molecular formula is C15H21ClN4O5. The largest absolute Gasteiger partial charge is 0.466 e. The van der Waals surface area contributed by atoms with Gasteiger partial charge in [-0.15, -0.1) is 0 Å². The zero-order valence-electron chi connectivity index (χ0n) is 14.2. The molecule has 1 atom stereocenters. The fourth-order valence-corrected chi connectivity index (χ4v) is 2.87. The van der Waals surface area contributed by atoms with Crippen LogP contribution in [0.4, 0.5) is 11.5 Å². The maximum absolute atomic E-state index is 12.0. The first-order valence-corrected chi connectivity index (χ1v) is 8.49. The molecule has 0 spiro atoms. The van der Waals surface area contributed by atoms with Crippen LogP contribution >= 0.6 is 11.6 Å². The van der Waals surface area contributed by atoms with Crippen molar-refractivity contribution in [1.82, 2.24) is 9.97 Å². The number of carbonyl (C=O) groups is 1. The predicted molar refractivity (Wildman–Crippen MR) is 90.7 cm³/mol. The summed E-state index contributed by atoms with van der Waals surface area (Å²) in [7, 11) is 0. The molecule has 0 amide bonds. The molecule has 1 aromatic heterocycles. The van der Waals surface area contributed by atoms with Gasteiger partial charge >= 0.3 is 11.7 Å². The number of esters is 1. The van der Waals surface area contributed by atoms with Crippen molar-refractivity contribution in [3.8, 4) is 0 Å². The molecule has 9 nitrogen and oxygen atoms in total. The monoisotopic (exact) mass is 372 g/mol. The molecule has 1 fully saturated rings. The summed E-state index contributed by atoms with van der Waals surface area (Å²) in [4.78, 5) is 32.4. The van der Waals surface area contributed by atoms with E-state index in [9.17, 15) is 14.9 Å². The zero-order valence-corrected chi connectivity index (χ0v) is 14.9. The van der Waals surface area contributed by atoms with Crippen molar-refractivity contribution < 1.29 is 19.2 Å². The van der Waals surface area contributed by atoms with Gasteiger partial charge < -0.3 is 14.4 Å². The number of rotatable bonds is 7. The second-order valence-corrected chi connectivity index (χ2v) is 6.09. The smallest absolute Gasteiger partial charge is 0.329 e. The van der Waals surface area contributed by atoms with E-state index in [0.717, 1.165) is 6.20 Å². The Morgan fingerprint density at radius 2 is 2.24 bits per heavy atom. The second kappa shape index (κ2) is 8.91. The summed E-state index contributed by atoms with van der Waals surface area (Å²) in [6.07, 6.45) is 2.44. The fraction of sp³-hybridized carbons (Fsp3) is 0.667. The van der Waals surface area contributed by atoms with Gasteiger partial charge in [0.2, 0.25) is 11.1 Å². The number of nitrogens with zero attached hydrogens (tertiary/aromatic N) is 4. The van der Waals surface area contributed by atoms with Crippen LogP contribution in [0.2, 0.25) is 5.28 Å². The summed E-state index contributed by atoms with van der Waals surface area (Å²) in [6.45, 7) is 5.05. The van der Waals surface area contributed by atoms with Crippen LogP contribution < -0.4 is 4.90 Å². The van der Waals surface area contributed by atoms with E-state index in [1.165, 1.54) is 0 Å². The molecule has 2 rings (SSSR count). The van der Waals surface area contributed by atoms with Gasteiger partial charge in [-0.3, -0.25) is 14.9 Å². The highest BCUT2D eigenvalue weighted by Gasteiger charge is 2.32. The number of carbonyl (C=O) groups excluding carboxylic acids is 1. The highest BCUT2D eigenvalue weighted by molar-refractivity contribution is 6.28. The zero-order chi connectivity index (χ0) is 18.4. The number of hydrogen-bond acceptors (Lipinski definition) is 8. The van der Waals surface area contributed by atoms with E-state index in [-0.39, 0.29) is 42.0 Å². The third-order valence-electron chi connectivity index (χ3n) is 3.98. The highest BCUT2D eigenvalue weighted by atomic mass is 35.5. The van der Waals surface area contributed by atoms with E-state index in [0.29, 0.717) is 26.1 Å². The average molecular weight is 373 g/mol. The minimum atomic E-state index is -0.549. The fourth-order valence-electron chi connectivity index (χ4n) is 2.75. The van der Waals surface area contributed by atoms with E-state index >= 15 is 0 Å². The lowest BCUT2D eigenvalue weighted by atomic mass is 10.0. The molecule has 0 radical (unpaired) electrons. The van der Waals surface area contributed by atoms with E-state index < -0.39 is 10.8 Å². The normalized spacial score (nSPS) is 16.3. The molecule has 0 saturated carbocycles. The van der Waals surface area contributed by atoms with Gasteiger partial charge in [0, 0.05) is 25.8 Å². The number of halogens is 1. The van der Waals surface area contributed by atoms with Gasteiger partial charge in [0.1, 0.15) is 6.20 Å². The summed E-state index contributed by atoms with van der Waals surface area (Å²) in [5.41, 5.74) is -0.244. The highest BCUT2D eigenvalue weighted by Crippen LogP contribution is 2.31. The Labute approximate surface area is 150 Å². The summed E-state index contributed by atoms with van der Waals surface area (Å²) < 4.78 is 10.4. The summed E-state index contributed by atoms with van der Waals surface area (Å²) in [5, 5.41) is 11.3. The topological polar surface area (TPSA) is 108 Å². The van der Waals surface area contributed by atoms with Crippen molar-refractivity contribution in [3.05, 3.63) is 21.6 Å². The Morgan fingerprint density at radius 3 is 2.84 bits per heavy atom. The average Bonchev–Trinajstić information content (AvgIpc) is 2.60. The van der Waals surface area contributed by atoms with Crippen molar-refractivity contribution in [2.45, 2.75) is 32.7 Å². The molecule has 0 aromatic carbocycles. The van der Waals surface area contributed by atoms with Gasteiger partial charge in [-0.2, -0.15) is 4.98 Å². The number of anilines is 1. The van der Waals surface area contributed by atoms with E-state index in [4.69, 9.17) is 21.1 Å². The van der Waals surface area contributed by atoms with Gasteiger partial charge in [0.05, 0.1) is 17.4 Å². The predicted octanol–water partition coefficient (Wildman–Crippen LogP) is 2.22. The first-order valence-electron chi connectivity index (χ1n) is 8.12. The van der Waals surface area contributed by atoms with Gasteiger partial charge in [-0.1, -0.05) is 6.92 Å². The maximum atomic E-state index is 12.0. The third-order valence-corrected chi connectivity index (χ3v) is 4.16. The Bertz CT molecular complexity index is 624. The molecule has 138 valence electrons. The van der Waals surface area contributed by atoms with Crippen LogP contribution in [0.1, 0.15) is 26.7 Å². The van der Waals surface area contributed by atoms with Crippen molar-refractivity contribution in [2.24, 2.45) is 5.92 Å². The molecule has 1 aliphatic heterocycles. The van der Waals surface area contributed by atoms with Gasteiger partial charge in [0.25, 0.3) is 0 Å². The third kappa shape index (κ3) is 4.99. The maximum Gasteiger partial charge on any atom is 0.329 e. The SMILES string of the molecule is CCOC(=O)C(C)CN(c1nc(Cl)ncc1[N+](=O)[O-])C1CCOCC1.